The number of rotatable bonds is 5. The molecule has 1 aliphatic carbocycles. The molecule has 0 radical (unpaired) electrons. The molecular weight excluding hydrogens is 374 g/mol. The molecule has 2 fully saturated rings. The Balaban J connectivity index is 1.47. The van der Waals surface area contributed by atoms with Crippen LogP contribution >= 0.6 is 0 Å². The number of nitrogens with one attached hydrogen (secondary N) is 3. The Kier molecular flexibility index (Phi) is 5.12. The Morgan fingerprint density at radius 1 is 1.00 bits per heavy atom. The number of carbonyl (C=O) groups excluding carboxylic acids is 1. The van der Waals surface area contributed by atoms with Gasteiger partial charge in [-0.15, -0.1) is 0 Å². The molecule has 3 N–H and O–H groups in total. The van der Waals surface area contributed by atoms with E-state index < -0.39 is 10.0 Å². The number of carbonyl (C=O) groups is 1. The fourth-order valence-electron chi connectivity index (χ4n) is 4.38. The van der Waals surface area contributed by atoms with Crippen LogP contribution in [0.25, 0.3) is 0 Å². The zero-order valence-electron chi connectivity index (χ0n) is 15.6. The number of anilines is 2. The maximum absolute atomic E-state index is 13.0. The minimum atomic E-state index is -3.67. The lowest BCUT2D eigenvalue weighted by atomic mass is 9.67. The molecular formula is C21H25N3O3S. The zero-order chi connectivity index (χ0) is 19.6. The largest absolute Gasteiger partial charge is 0.326 e. The van der Waals surface area contributed by atoms with Gasteiger partial charge in [-0.3, -0.25) is 9.52 Å². The van der Waals surface area contributed by atoms with Crippen molar-refractivity contribution in [3.63, 3.8) is 0 Å². The van der Waals surface area contributed by atoms with Crippen molar-refractivity contribution in [3.8, 4) is 0 Å². The molecule has 0 spiro atoms. The van der Waals surface area contributed by atoms with Gasteiger partial charge >= 0.3 is 0 Å². The first-order chi connectivity index (χ1) is 13.5. The van der Waals surface area contributed by atoms with Crippen LogP contribution in [0.5, 0.6) is 0 Å². The van der Waals surface area contributed by atoms with Crippen LogP contribution in [0.3, 0.4) is 0 Å². The smallest absolute Gasteiger partial charge is 0.261 e. The molecule has 0 aromatic heterocycles. The van der Waals surface area contributed by atoms with E-state index in [1.165, 1.54) is 18.6 Å². The van der Waals surface area contributed by atoms with Crippen molar-refractivity contribution < 1.29 is 13.2 Å². The van der Waals surface area contributed by atoms with Crippen molar-refractivity contribution in [2.24, 2.45) is 11.3 Å². The van der Waals surface area contributed by atoms with Crippen molar-refractivity contribution in [2.45, 2.75) is 30.6 Å². The number of fused-ring (bicyclic) bond motifs is 1. The topological polar surface area (TPSA) is 87.3 Å². The van der Waals surface area contributed by atoms with Gasteiger partial charge in [-0.1, -0.05) is 31.0 Å². The van der Waals surface area contributed by atoms with Gasteiger partial charge in [0.05, 0.1) is 10.3 Å². The van der Waals surface area contributed by atoms with Crippen LogP contribution in [0, 0.1) is 11.3 Å². The van der Waals surface area contributed by atoms with Crippen LogP contribution in [-0.4, -0.2) is 27.4 Å². The molecule has 6 nitrogen and oxygen atoms in total. The molecule has 7 heteroatoms. The van der Waals surface area contributed by atoms with Gasteiger partial charge in [-0.05, 0) is 61.7 Å². The summed E-state index contributed by atoms with van der Waals surface area (Å²) in [4.78, 5) is 13.2. The average Bonchev–Trinajstić information content (AvgIpc) is 3.14. The zero-order valence-corrected chi connectivity index (χ0v) is 16.5. The lowest BCUT2D eigenvalue weighted by molar-refractivity contribution is -0.128. The minimum Gasteiger partial charge on any atom is -0.326 e. The molecule has 0 unspecified atom stereocenters. The number of hydrogen-bond donors (Lipinski definition) is 3. The van der Waals surface area contributed by atoms with Gasteiger partial charge in [-0.25, -0.2) is 8.42 Å². The SMILES string of the molecule is O=C(Nc1ccc(S(=O)(=O)Nc2ccccc2)cc1)[C@@]12CCCC[C@H]1CNC2. The maximum atomic E-state index is 13.0. The summed E-state index contributed by atoms with van der Waals surface area (Å²) in [6, 6.07) is 15.1. The van der Waals surface area contributed by atoms with Crippen LogP contribution < -0.4 is 15.4 Å². The highest BCUT2D eigenvalue weighted by molar-refractivity contribution is 7.92. The highest BCUT2D eigenvalue weighted by Crippen LogP contribution is 2.44. The fraction of sp³-hybridized carbons (Fsp3) is 0.381. The van der Waals surface area contributed by atoms with Crippen molar-refractivity contribution in [1.29, 1.82) is 0 Å². The van der Waals surface area contributed by atoms with Crippen molar-refractivity contribution in [2.75, 3.05) is 23.1 Å². The molecule has 148 valence electrons. The summed E-state index contributed by atoms with van der Waals surface area (Å²) in [7, 11) is -3.67. The van der Waals surface area contributed by atoms with Gasteiger partial charge in [-0.2, -0.15) is 0 Å². The van der Waals surface area contributed by atoms with Gasteiger partial charge in [0.1, 0.15) is 0 Å². The van der Waals surface area contributed by atoms with E-state index in [-0.39, 0.29) is 16.2 Å². The van der Waals surface area contributed by atoms with Gasteiger partial charge < -0.3 is 10.6 Å². The summed E-state index contributed by atoms with van der Waals surface area (Å²) in [6.07, 6.45) is 4.25. The van der Waals surface area contributed by atoms with E-state index in [1.807, 2.05) is 6.07 Å². The van der Waals surface area contributed by atoms with Crippen molar-refractivity contribution in [1.82, 2.24) is 5.32 Å². The van der Waals surface area contributed by atoms with E-state index in [2.05, 4.69) is 15.4 Å². The number of amides is 1. The van der Waals surface area contributed by atoms with E-state index in [0.717, 1.165) is 32.4 Å². The Morgan fingerprint density at radius 3 is 2.50 bits per heavy atom. The fourth-order valence-corrected chi connectivity index (χ4v) is 5.44. The molecule has 1 saturated carbocycles. The lowest BCUT2D eigenvalue weighted by Gasteiger charge is -2.37. The predicted molar refractivity (Wildman–Crippen MR) is 110 cm³/mol. The number of benzene rings is 2. The monoisotopic (exact) mass is 399 g/mol. The summed E-state index contributed by atoms with van der Waals surface area (Å²) >= 11 is 0. The van der Waals surface area contributed by atoms with E-state index >= 15 is 0 Å². The number of sulfonamides is 1. The van der Waals surface area contributed by atoms with Crippen LogP contribution in [0.15, 0.2) is 59.5 Å². The van der Waals surface area contributed by atoms with E-state index in [0.29, 0.717) is 17.3 Å². The number of hydrogen-bond acceptors (Lipinski definition) is 4. The standard InChI is InChI=1S/C21H25N3O3S/c25-20(21-13-5-4-6-16(21)14-22-15-21)23-17-9-11-19(12-10-17)28(26,27)24-18-7-2-1-3-8-18/h1-3,7-12,16,22,24H,4-6,13-15H2,(H,23,25)/t16-,21+/m0/s1. The van der Waals surface area contributed by atoms with Crippen LogP contribution in [0.1, 0.15) is 25.7 Å². The van der Waals surface area contributed by atoms with Crippen LogP contribution in [0.4, 0.5) is 11.4 Å². The highest BCUT2D eigenvalue weighted by Gasteiger charge is 2.49. The Hall–Kier alpha value is -2.38. The first kappa shape index (κ1) is 19.0. The minimum absolute atomic E-state index is 0.0419. The normalized spacial score (nSPS) is 24.4. The molecule has 1 amide bonds. The average molecular weight is 400 g/mol. The summed E-state index contributed by atoms with van der Waals surface area (Å²) in [6.45, 7) is 1.62. The van der Waals surface area contributed by atoms with Gasteiger partial charge in [0.15, 0.2) is 0 Å². The van der Waals surface area contributed by atoms with Gasteiger partial charge in [0.25, 0.3) is 10.0 Å². The molecule has 2 atom stereocenters. The molecule has 2 aliphatic rings. The molecule has 0 bridgehead atoms. The number of para-hydroxylation sites is 1. The Bertz CT molecular complexity index is 945. The van der Waals surface area contributed by atoms with E-state index in [9.17, 15) is 13.2 Å². The molecule has 1 saturated heterocycles. The summed E-state index contributed by atoms with van der Waals surface area (Å²) in [5.41, 5.74) is 0.794. The molecule has 1 heterocycles. The Morgan fingerprint density at radius 2 is 1.75 bits per heavy atom. The quantitative estimate of drug-likeness (QED) is 0.721. The first-order valence-electron chi connectivity index (χ1n) is 9.70. The molecule has 1 aliphatic heterocycles. The van der Waals surface area contributed by atoms with E-state index in [4.69, 9.17) is 0 Å². The van der Waals surface area contributed by atoms with Gasteiger partial charge in [0, 0.05) is 17.9 Å². The summed E-state index contributed by atoms with van der Waals surface area (Å²) in [5, 5.41) is 6.38. The first-order valence-corrected chi connectivity index (χ1v) is 11.2. The molecule has 2 aromatic carbocycles. The van der Waals surface area contributed by atoms with Crippen molar-refractivity contribution in [3.05, 3.63) is 54.6 Å². The van der Waals surface area contributed by atoms with Gasteiger partial charge in [0.2, 0.25) is 5.91 Å². The molecule has 2 aromatic rings. The second kappa shape index (κ2) is 7.56. The second-order valence-corrected chi connectivity index (χ2v) is 9.36. The third kappa shape index (κ3) is 3.64. The summed E-state index contributed by atoms with van der Waals surface area (Å²) < 4.78 is 27.6. The van der Waals surface area contributed by atoms with Crippen LogP contribution in [0.2, 0.25) is 0 Å². The highest BCUT2D eigenvalue weighted by atomic mass is 32.2. The molecule has 28 heavy (non-hydrogen) atoms. The maximum Gasteiger partial charge on any atom is 0.261 e. The third-order valence-electron chi connectivity index (χ3n) is 5.94. The second-order valence-electron chi connectivity index (χ2n) is 7.68. The predicted octanol–water partition coefficient (Wildman–Crippen LogP) is 3.21. The lowest BCUT2D eigenvalue weighted by Crippen LogP contribution is -2.44. The van der Waals surface area contributed by atoms with E-state index in [1.54, 1.807) is 36.4 Å². The van der Waals surface area contributed by atoms with Crippen LogP contribution in [-0.2, 0) is 14.8 Å². The summed E-state index contributed by atoms with van der Waals surface area (Å²) in [5.74, 6) is 0.427. The molecule has 4 rings (SSSR count). The third-order valence-corrected chi connectivity index (χ3v) is 7.34. The van der Waals surface area contributed by atoms with Crippen molar-refractivity contribution >= 4 is 27.3 Å². The Labute approximate surface area is 165 Å².